The third kappa shape index (κ3) is 5.03. The summed E-state index contributed by atoms with van der Waals surface area (Å²) >= 11 is 0. The molecule has 0 unspecified atom stereocenters. The van der Waals surface area contributed by atoms with Crippen LogP contribution in [0.25, 0.3) is 11.1 Å². The summed E-state index contributed by atoms with van der Waals surface area (Å²) in [6.07, 6.45) is 0. The van der Waals surface area contributed by atoms with E-state index in [0.29, 0.717) is 12.1 Å². The molecule has 0 atom stereocenters. The number of primary sulfonamides is 1. The van der Waals surface area contributed by atoms with Gasteiger partial charge in [0.2, 0.25) is 10.0 Å². The smallest absolute Gasteiger partial charge is 0.238 e. The lowest BCUT2D eigenvalue weighted by molar-refractivity contribution is 0.598. The lowest BCUT2D eigenvalue weighted by Crippen LogP contribution is -2.14. The van der Waals surface area contributed by atoms with Crippen molar-refractivity contribution in [2.24, 2.45) is 10.9 Å². The summed E-state index contributed by atoms with van der Waals surface area (Å²) < 4.78 is 23.1. The zero-order chi connectivity index (χ0) is 17.4. The van der Waals surface area contributed by atoms with Crippen LogP contribution in [0, 0.1) is 0 Å². The van der Waals surface area contributed by atoms with Gasteiger partial charge in [-0.25, -0.2) is 13.6 Å². The SMILES string of the molecule is NCc1ccc(S(N)(=O)=O)c(-c2ccccc2)c1.c1ccccc1. The molecule has 3 aromatic rings. The molecule has 0 radical (unpaired) electrons. The lowest BCUT2D eigenvalue weighted by atomic mass is 10.0. The molecule has 3 aromatic carbocycles. The summed E-state index contributed by atoms with van der Waals surface area (Å²) in [7, 11) is -3.75. The molecule has 0 spiro atoms. The van der Waals surface area contributed by atoms with E-state index in [1.807, 2.05) is 66.7 Å². The number of hydrogen-bond donors (Lipinski definition) is 2. The first-order chi connectivity index (χ1) is 11.5. The van der Waals surface area contributed by atoms with Gasteiger partial charge in [0.15, 0.2) is 0 Å². The van der Waals surface area contributed by atoms with E-state index in [1.165, 1.54) is 6.07 Å². The van der Waals surface area contributed by atoms with E-state index >= 15 is 0 Å². The minimum Gasteiger partial charge on any atom is -0.326 e. The molecule has 5 heteroatoms. The average molecular weight is 340 g/mol. The highest BCUT2D eigenvalue weighted by Crippen LogP contribution is 2.27. The zero-order valence-electron chi connectivity index (χ0n) is 13.2. The second-order valence-electron chi connectivity index (χ2n) is 5.10. The molecule has 0 saturated heterocycles. The normalized spacial score (nSPS) is 10.6. The third-order valence-corrected chi connectivity index (χ3v) is 4.31. The molecule has 0 aliphatic carbocycles. The van der Waals surface area contributed by atoms with Crippen LogP contribution in [0.15, 0.2) is 89.8 Å². The number of sulfonamides is 1. The molecule has 0 bridgehead atoms. The largest absolute Gasteiger partial charge is 0.326 e. The standard InChI is InChI=1S/C13H14N2O2S.C6H6/c14-9-10-6-7-13(18(15,16)17)12(8-10)11-4-2-1-3-5-11;1-2-4-6-5-3-1/h1-8H,9,14H2,(H2,15,16,17);1-6H. The van der Waals surface area contributed by atoms with Crippen LogP contribution in [0.5, 0.6) is 0 Å². The van der Waals surface area contributed by atoms with Crippen LogP contribution in [-0.4, -0.2) is 8.42 Å². The predicted molar refractivity (Wildman–Crippen MR) is 97.6 cm³/mol. The first kappa shape index (κ1) is 17.9. The van der Waals surface area contributed by atoms with Crippen molar-refractivity contribution in [2.75, 3.05) is 0 Å². The van der Waals surface area contributed by atoms with Gasteiger partial charge in [-0.1, -0.05) is 72.8 Å². The fourth-order valence-electron chi connectivity index (χ4n) is 2.18. The van der Waals surface area contributed by atoms with Gasteiger partial charge in [0.1, 0.15) is 0 Å². The third-order valence-electron chi connectivity index (χ3n) is 3.34. The Hall–Kier alpha value is -2.47. The molecule has 24 heavy (non-hydrogen) atoms. The number of benzene rings is 3. The minimum absolute atomic E-state index is 0.117. The molecule has 0 saturated carbocycles. The van der Waals surface area contributed by atoms with E-state index in [1.54, 1.807) is 12.1 Å². The summed E-state index contributed by atoms with van der Waals surface area (Å²) in [5.41, 5.74) is 7.82. The Morgan fingerprint density at radius 1 is 0.750 bits per heavy atom. The van der Waals surface area contributed by atoms with Crippen molar-refractivity contribution in [3.63, 3.8) is 0 Å². The van der Waals surface area contributed by atoms with Crippen LogP contribution in [-0.2, 0) is 16.6 Å². The summed E-state index contributed by atoms with van der Waals surface area (Å²) in [4.78, 5) is 0.117. The van der Waals surface area contributed by atoms with E-state index in [0.717, 1.165) is 11.1 Å². The number of hydrogen-bond acceptors (Lipinski definition) is 3. The van der Waals surface area contributed by atoms with Crippen molar-refractivity contribution in [3.8, 4) is 11.1 Å². The van der Waals surface area contributed by atoms with Crippen LogP contribution in [0.1, 0.15) is 5.56 Å². The molecular weight excluding hydrogens is 320 g/mol. The Morgan fingerprint density at radius 3 is 1.71 bits per heavy atom. The monoisotopic (exact) mass is 340 g/mol. The molecular formula is C19H20N2O2S. The van der Waals surface area contributed by atoms with Gasteiger partial charge in [0, 0.05) is 12.1 Å². The van der Waals surface area contributed by atoms with Crippen LogP contribution >= 0.6 is 0 Å². The predicted octanol–water partition coefficient (Wildman–Crippen LogP) is 3.15. The van der Waals surface area contributed by atoms with Gasteiger partial charge in [0.05, 0.1) is 4.90 Å². The van der Waals surface area contributed by atoms with Crippen LogP contribution < -0.4 is 10.9 Å². The van der Waals surface area contributed by atoms with E-state index in [9.17, 15) is 8.42 Å². The van der Waals surface area contributed by atoms with Crippen LogP contribution in [0.4, 0.5) is 0 Å². The van der Waals surface area contributed by atoms with E-state index in [-0.39, 0.29) is 4.90 Å². The highest BCUT2D eigenvalue weighted by atomic mass is 32.2. The van der Waals surface area contributed by atoms with E-state index < -0.39 is 10.0 Å². The molecule has 0 amide bonds. The van der Waals surface area contributed by atoms with Crippen molar-refractivity contribution < 1.29 is 8.42 Å². The first-order valence-corrected chi connectivity index (χ1v) is 8.98. The maximum atomic E-state index is 11.6. The van der Waals surface area contributed by atoms with Crippen molar-refractivity contribution in [1.29, 1.82) is 0 Å². The minimum atomic E-state index is -3.75. The van der Waals surface area contributed by atoms with Crippen LogP contribution in [0.3, 0.4) is 0 Å². The molecule has 4 nitrogen and oxygen atoms in total. The fraction of sp³-hybridized carbons (Fsp3) is 0.0526. The highest BCUT2D eigenvalue weighted by Gasteiger charge is 2.15. The Kier molecular flexibility index (Phi) is 6.26. The van der Waals surface area contributed by atoms with Gasteiger partial charge in [-0.05, 0) is 23.3 Å². The maximum Gasteiger partial charge on any atom is 0.238 e. The van der Waals surface area contributed by atoms with Crippen molar-refractivity contribution >= 4 is 10.0 Å². The molecule has 0 aliphatic rings. The van der Waals surface area contributed by atoms with Gasteiger partial charge < -0.3 is 5.73 Å². The summed E-state index contributed by atoms with van der Waals surface area (Å²) in [6, 6.07) is 26.2. The number of nitrogens with two attached hydrogens (primary N) is 2. The first-order valence-electron chi connectivity index (χ1n) is 7.43. The summed E-state index contributed by atoms with van der Waals surface area (Å²) in [5, 5.41) is 5.23. The van der Waals surface area contributed by atoms with Gasteiger partial charge in [-0.15, -0.1) is 0 Å². The molecule has 4 N–H and O–H groups in total. The molecule has 0 aliphatic heterocycles. The Labute approximate surface area is 142 Å². The molecule has 3 rings (SSSR count). The number of rotatable bonds is 3. The Morgan fingerprint density at radius 2 is 1.25 bits per heavy atom. The fourth-order valence-corrected chi connectivity index (χ4v) is 2.92. The van der Waals surface area contributed by atoms with Crippen molar-refractivity contribution in [3.05, 3.63) is 90.5 Å². The topological polar surface area (TPSA) is 86.2 Å². The van der Waals surface area contributed by atoms with Gasteiger partial charge in [-0.2, -0.15) is 0 Å². The van der Waals surface area contributed by atoms with Gasteiger partial charge >= 0.3 is 0 Å². The molecule has 0 fully saturated rings. The summed E-state index contributed by atoms with van der Waals surface area (Å²) in [5.74, 6) is 0. The highest BCUT2D eigenvalue weighted by molar-refractivity contribution is 7.89. The van der Waals surface area contributed by atoms with E-state index in [2.05, 4.69) is 0 Å². The van der Waals surface area contributed by atoms with Crippen molar-refractivity contribution in [2.45, 2.75) is 11.4 Å². The second kappa shape index (κ2) is 8.40. The Balaban J connectivity index is 0.000000292. The Bertz CT molecular complexity index is 838. The second-order valence-corrected chi connectivity index (χ2v) is 6.63. The van der Waals surface area contributed by atoms with Gasteiger partial charge in [0.25, 0.3) is 0 Å². The van der Waals surface area contributed by atoms with Crippen molar-refractivity contribution in [1.82, 2.24) is 0 Å². The van der Waals surface area contributed by atoms with Gasteiger partial charge in [-0.3, -0.25) is 0 Å². The molecule has 0 aromatic heterocycles. The lowest BCUT2D eigenvalue weighted by Gasteiger charge is -2.09. The summed E-state index contributed by atoms with van der Waals surface area (Å²) in [6.45, 7) is 0.352. The van der Waals surface area contributed by atoms with E-state index in [4.69, 9.17) is 10.9 Å². The molecule has 0 heterocycles. The quantitative estimate of drug-likeness (QED) is 0.768. The average Bonchev–Trinajstić information content (AvgIpc) is 2.63. The zero-order valence-corrected chi connectivity index (χ0v) is 14.0. The maximum absolute atomic E-state index is 11.6. The molecule has 124 valence electrons. The van der Waals surface area contributed by atoms with Crippen LogP contribution in [0.2, 0.25) is 0 Å².